The summed E-state index contributed by atoms with van der Waals surface area (Å²) in [5.74, 6) is 0.827. The highest BCUT2D eigenvalue weighted by Crippen LogP contribution is 2.23. The van der Waals surface area contributed by atoms with Crippen molar-refractivity contribution in [2.24, 2.45) is 4.99 Å². The van der Waals surface area contributed by atoms with E-state index in [2.05, 4.69) is 26.7 Å². The van der Waals surface area contributed by atoms with Crippen molar-refractivity contribution in [3.63, 3.8) is 0 Å². The van der Waals surface area contributed by atoms with Gasteiger partial charge >= 0.3 is 6.03 Å². The molecule has 23 heavy (non-hydrogen) atoms. The van der Waals surface area contributed by atoms with E-state index in [-0.39, 0.29) is 6.03 Å². The van der Waals surface area contributed by atoms with E-state index >= 15 is 0 Å². The van der Waals surface area contributed by atoms with E-state index in [0.717, 1.165) is 30.0 Å². The smallest absolute Gasteiger partial charge is 0.321 e. The number of methoxy groups -OCH3 is 1. The number of carbonyl (C=O) groups is 1. The van der Waals surface area contributed by atoms with Crippen LogP contribution in [0.4, 0.5) is 9.93 Å². The first-order valence-electron chi connectivity index (χ1n) is 7.41. The number of fused-ring (bicyclic) bond motifs is 1. The highest BCUT2D eigenvalue weighted by molar-refractivity contribution is 7.13. The molecule has 0 atom stereocenters. The zero-order valence-electron chi connectivity index (χ0n) is 12.8. The summed E-state index contributed by atoms with van der Waals surface area (Å²) in [6, 6.07) is 5.83. The highest BCUT2D eigenvalue weighted by atomic mass is 32.1. The monoisotopic (exact) mass is 330 g/mol. The van der Waals surface area contributed by atoms with Gasteiger partial charge in [-0.3, -0.25) is 10.3 Å². The van der Waals surface area contributed by atoms with Crippen molar-refractivity contribution in [3.8, 4) is 5.75 Å². The zero-order chi connectivity index (χ0) is 16.1. The molecule has 2 amide bonds. The molecule has 6 nitrogen and oxygen atoms in total. The molecule has 0 bridgehead atoms. The Morgan fingerprint density at radius 1 is 1.43 bits per heavy atom. The fourth-order valence-corrected chi connectivity index (χ4v) is 3.02. The van der Waals surface area contributed by atoms with Crippen LogP contribution in [-0.2, 0) is 6.42 Å². The Hall–Kier alpha value is -2.41. The summed E-state index contributed by atoms with van der Waals surface area (Å²) >= 11 is 1.39. The number of hydrogen-bond acceptors (Lipinski definition) is 5. The van der Waals surface area contributed by atoms with Crippen molar-refractivity contribution in [2.75, 3.05) is 25.5 Å². The summed E-state index contributed by atoms with van der Waals surface area (Å²) < 4.78 is 5.29. The molecular formula is C16H18N4O2S. The third-order valence-corrected chi connectivity index (χ3v) is 4.30. The SMILES string of the molecule is COc1ccc2c(c1)C(CCNC(=O)Nc1nccs1)=NCC2. The van der Waals surface area contributed by atoms with Crippen LogP contribution in [0.3, 0.4) is 0 Å². The minimum Gasteiger partial charge on any atom is -0.497 e. The number of benzene rings is 1. The largest absolute Gasteiger partial charge is 0.497 e. The van der Waals surface area contributed by atoms with Crippen molar-refractivity contribution in [1.82, 2.24) is 10.3 Å². The van der Waals surface area contributed by atoms with Crippen molar-refractivity contribution in [3.05, 3.63) is 40.9 Å². The Morgan fingerprint density at radius 2 is 2.35 bits per heavy atom. The number of amides is 2. The molecule has 1 aromatic carbocycles. The van der Waals surface area contributed by atoms with Gasteiger partial charge in [0.05, 0.1) is 7.11 Å². The standard InChI is InChI=1S/C16H18N4O2S/c1-22-12-3-2-11-4-6-17-14(13(11)10-12)5-7-18-15(21)20-16-19-8-9-23-16/h2-3,8-10H,4-7H2,1H3,(H2,18,19,20,21). The van der Waals surface area contributed by atoms with E-state index in [0.29, 0.717) is 18.1 Å². The van der Waals surface area contributed by atoms with E-state index in [1.54, 1.807) is 13.3 Å². The molecule has 2 aromatic rings. The first-order valence-corrected chi connectivity index (χ1v) is 8.29. The van der Waals surface area contributed by atoms with Gasteiger partial charge in [0, 0.05) is 42.4 Å². The number of anilines is 1. The molecule has 3 rings (SSSR count). The Balaban J connectivity index is 1.56. The number of nitrogens with one attached hydrogen (secondary N) is 2. The predicted molar refractivity (Wildman–Crippen MR) is 91.9 cm³/mol. The Kier molecular flexibility index (Phi) is 4.87. The number of thiazole rings is 1. The quantitative estimate of drug-likeness (QED) is 0.885. The van der Waals surface area contributed by atoms with Crippen LogP contribution in [0.5, 0.6) is 5.75 Å². The van der Waals surface area contributed by atoms with Gasteiger partial charge in [-0.2, -0.15) is 0 Å². The molecular weight excluding hydrogens is 312 g/mol. The van der Waals surface area contributed by atoms with Gasteiger partial charge in [-0.05, 0) is 24.1 Å². The van der Waals surface area contributed by atoms with Crippen LogP contribution in [0.25, 0.3) is 0 Å². The topological polar surface area (TPSA) is 75.6 Å². The highest BCUT2D eigenvalue weighted by Gasteiger charge is 2.15. The first kappa shape index (κ1) is 15.5. The van der Waals surface area contributed by atoms with Crippen molar-refractivity contribution >= 4 is 28.2 Å². The van der Waals surface area contributed by atoms with Crippen molar-refractivity contribution in [1.29, 1.82) is 0 Å². The molecule has 0 fully saturated rings. The molecule has 7 heteroatoms. The van der Waals surface area contributed by atoms with Crippen LogP contribution in [0.1, 0.15) is 17.5 Å². The Labute approximate surface area is 138 Å². The fraction of sp³-hybridized carbons (Fsp3) is 0.312. The van der Waals surface area contributed by atoms with Crippen LogP contribution in [-0.4, -0.2) is 36.9 Å². The lowest BCUT2D eigenvalue weighted by atomic mass is 9.95. The molecule has 0 spiro atoms. The van der Waals surface area contributed by atoms with Crippen LogP contribution >= 0.6 is 11.3 Å². The minimum absolute atomic E-state index is 0.248. The molecule has 120 valence electrons. The van der Waals surface area contributed by atoms with Gasteiger partial charge in [-0.15, -0.1) is 11.3 Å². The lowest BCUT2D eigenvalue weighted by Crippen LogP contribution is -2.31. The van der Waals surface area contributed by atoms with E-state index in [4.69, 9.17) is 4.74 Å². The molecule has 1 aliphatic heterocycles. The van der Waals surface area contributed by atoms with Crippen LogP contribution in [0.15, 0.2) is 34.8 Å². The number of ether oxygens (including phenoxy) is 1. The molecule has 0 saturated heterocycles. The lowest BCUT2D eigenvalue weighted by Gasteiger charge is -2.18. The number of urea groups is 1. The lowest BCUT2D eigenvalue weighted by molar-refractivity contribution is 0.252. The summed E-state index contributed by atoms with van der Waals surface area (Å²) in [5, 5.41) is 7.93. The van der Waals surface area contributed by atoms with Gasteiger partial charge < -0.3 is 10.1 Å². The third kappa shape index (κ3) is 3.87. The number of hydrogen-bond donors (Lipinski definition) is 2. The summed E-state index contributed by atoms with van der Waals surface area (Å²) in [6.07, 6.45) is 3.29. The maximum absolute atomic E-state index is 11.8. The van der Waals surface area contributed by atoms with Crippen LogP contribution < -0.4 is 15.4 Å². The van der Waals surface area contributed by atoms with Gasteiger partial charge in [0.2, 0.25) is 0 Å². The summed E-state index contributed by atoms with van der Waals surface area (Å²) in [5.41, 5.74) is 3.42. The van der Waals surface area contributed by atoms with Gasteiger partial charge in [-0.25, -0.2) is 9.78 Å². The second kappa shape index (κ2) is 7.23. The predicted octanol–water partition coefficient (Wildman–Crippen LogP) is 2.71. The molecule has 0 radical (unpaired) electrons. The molecule has 2 N–H and O–H groups in total. The Morgan fingerprint density at radius 3 is 3.13 bits per heavy atom. The second-order valence-electron chi connectivity index (χ2n) is 5.07. The molecule has 0 saturated carbocycles. The second-order valence-corrected chi connectivity index (χ2v) is 5.96. The third-order valence-electron chi connectivity index (χ3n) is 3.61. The molecule has 0 aliphatic carbocycles. The summed E-state index contributed by atoms with van der Waals surface area (Å²) in [7, 11) is 1.66. The number of aliphatic imine (C=N–C) groups is 1. The van der Waals surface area contributed by atoms with E-state index in [9.17, 15) is 4.79 Å². The first-order chi connectivity index (χ1) is 11.3. The number of carbonyl (C=O) groups excluding carboxylic acids is 1. The number of aromatic nitrogens is 1. The molecule has 1 aromatic heterocycles. The maximum Gasteiger partial charge on any atom is 0.321 e. The van der Waals surface area contributed by atoms with Gasteiger partial charge in [0.15, 0.2) is 5.13 Å². The zero-order valence-corrected chi connectivity index (χ0v) is 13.7. The van der Waals surface area contributed by atoms with E-state index in [1.807, 2.05) is 17.5 Å². The van der Waals surface area contributed by atoms with E-state index < -0.39 is 0 Å². The van der Waals surface area contributed by atoms with Gasteiger partial charge in [0.25, 0.3) is 0 Å². The Bertz CT molecular complexity index is 713. The molecule has 2 heterocycles. The fourth-order valence-electron chi connectivity index (χ4n) is 2.50. The average molecular weight is 330 g/mol. The van der Waals surface area contributed by atoms with Gasteiger partial charge in [-0.1, -0.05) is 6.07 Å². The number of rotatable bonds is 5. The summed E-state index contributed by atoms with van der Waals surface area (Å²) in [4.78, 5) is 20.4. The number of nitrogens with zero attached hydrogens (tertiary/aromatic N) is 2. The van der Waals surface area contributed by atoms with Crippen molar-refractivity contribution in [2.45, 2.75) is 12.8 Å². The van der Waals surface area contributed by atoms with Crippen LogP contribution in [0.2, 0.25) is 0 Å². The minimum atomic E-state index is -0.248. The van der Waals surface area contributed by atoms with E-state index in [1.165, 1.54) is 16.9 Å². The average Bonchev–Trinajstić information content (AvgIpc) is 3.07. The maximum atomic E-state index is 11.8. The van der Waals surface area contributed by atoms with Crippen molar-refractivity contribution < 1.29 is 9.53 Å². The van der Waals surface area contributed by atoms with Gasteiger partial charge in [0.1, 0.15) is 5.75 Å². The van der Waals surface area contributed by atoms with Crippen LogP contribution in [0, 0.1) is 0 Å². The summed E-state index contributed by atoms with van der Waals surface area (Å²) in [6.45, 7) is 1.31. The normalized spacial score (nSPS) is 13.0. The molecule has 1 aliphatic rings. The molecule has 0 unspecified atom stereocenters.